The van der Waals surface area contributed by atoms with Crippen LogP contribution in [0.5, 0.6) is 0 Å². The predicted molar refractivity (Wildman–Crippen MR) is 104 cm³/mol. The molecule has 1 aliphatic carbocycles. The number of nitrogens with zero attached hydrogens (tertiary/aromatic N) is 2. The van der Waals surface area contributed by atoms with Gasteiger partial charge in [0, 0.05) is 31.4 Å². The summed E-state index contributed by atoms with van der Waals surface area (Å²) in [7, 11) is 2.16. The Balaban J connectivity index is 1.64. The molecule has 1 saturated carbocycles. The average molecular weight is 344 g/mol. The normalized spacial score (nSPS) is 21.7. The molecule has 1 heterocycles. The summed E-state index contributed by atoms with van der Waals surface area (Å²) in [5.74, 6) is 0.799. The molecule has 2 fully saturated rings. The monoisotopic (exact) mass is 343 g/mol. The van der Waals surface area contributed by atoms with Gasteiger partial charge in [-0.3, -0.25) is 4.79 Å². The number of benzene rings is 1. The number of carbonyl (C=O) groups is 1. The van der Waals surface area contributed by atoms with Gasteiger partial charge in [-0.25, -0.2) is 0 Å². The highest BCUT2D eigenvalue weighted by molar-refractivity contribution is 5.99. The summed E-state index contributed by atoms with van der Waals surface area (Å²) < 4.78 is 0. The summed E-state index contributed by atoms with van der Waals surface area (Å²) in [6.07, 6.45) is 7.50. The van der Waals surface area contributed by atoms with Crippen molar-refractivity contribution in [1.82, 2.24) is 9.80 Å². The fraction of sp³-hybridized carbons (Fsp3) is 0.667. The molecule has 138 valence electrons. The largest absolute Gasteiger partial charge is 0.382 e. The molecule has 1 aliphatic heterocycles. The topological polar surface area (TPSA) is 35.6 Å². The smallest absolute Gasteiger partial charge is 0.255 e. The van der Waals surface area contributed by atoms with E-state index in [4.69, 9.17) is 0 Å². The van der Waals surface area contributed by atoms with Crippen molar-refractivity contribution in [1.29, 1.82) is 0 Å². The van der Waals surface area contributed by atoms with Gasteiger partial charge in [0.25, 0.3) is 5.91 Å². The molecule has 2 aliphatic rings. The van der Waals surface area contributed by atoms with Crippen molar-refractivity contribution in [2.75, 3.05) is 38.5 Å². The molecule has 0 radical (unpaired) electrons. The van der Waals surface area contributed by atoms with Gasteiger partial charge in [-0.1, -0.05) is 38.3 Å². The predicted octanol–water partition coefficient (Wildman–Crippen LogP) is 3.85. The van der Waals surface area contributed by atoms with E-state index in [1.54, 1.807) is 0 Å². The molecule has 0 bridgehead atoms. The number of carbonyl (C=O) groups excluding carboxylic acids is 1. The lowest BCUT2D eigenvalue weighted by atomic mass is 9.95. The first-order chi connectivity index (χ1) is 12.2. The maximum absolute atomic E-state index is 13.1. The molecule has 3 rings (SSSR count). The fourth-order valence-corrected chi connectivity index (χ4v) is 4.17. The third kappa shape index (κ3) is 4.75. The third-order valence-corrected chi connectivity index (χ3v) is 5.81. The Bertz CT molecular complexity index is 568. The van der Waals surface area contributed by atoms with Crippen LogP contribution in [0.25, 0.3) is 0 Å². The number of hydrogen-bond donors (Lipinski definition) is 1. The minimum atomic E-state index is 0.195. The van der Waals surface area contributed by atoms with Gasteiger partial charge in [0.2, 0.25) is 0 Å². The van der Waals surface area contributed by atoms with E-state index in [0.29, 0.717) is 12.0 Å². The molecular formula is C21H33N3O. The minimum Gasteiger partial charge on any atom is -0.382 e. The second-order valence-electron chi connectivity index (χ2n) is 7.79. The van der Waals surface area contributed by atoms with Crippen LogP contribution >= 0.6 is 0 Å². The molecule has 1 amide bonds. The average Bonchev–Trinajstić information content (AvgIpc) is 3.11. The van der Waals surface area contributed by atoms with E-state index < -0.39 is 0 Å². The van der Waals surface area contributed by atoms with Crippen molar-refractivity contribution < 1.29 is 4.79 Å². The SMILES string of the molecule is CCN(C)CC1CCN(C(=O)c2ccccc2NC2CCCCC2)C1. The third-order valence-electron chi connectivity index (χ3n) is 5.81. The van der Waals surface area contributed by atoms with Gasteiger partial charge < -0.3 is 15.1 Å². The molecule has 1 aromatic rings. The highest BCUT2D eigenvalue weighted by atomic mass is 16.2. The van der Waals surface area contributed by atoms with Gasteiger partial charge >= 0.3 is 0 Å². The Kier molecular flexibility index (Phi) is 6.35. The second kappa shape index (κ2) is 8.70. The highest BCUT2D eigenvalue weighted by Gasteiger charge is 2.28. The Morgan fingerprint density at radius 3 is 2.72 bits per heavy atom. The summed E-state index contributed by atoms with van der Waals surface area (Å²) in [5.41, 5.74) is 1.87. The van der Waals surface area contributed by atoms with Crippen molar-refractivity contribution in [2.45, 2.75) is 51.5 Å². The number of likely N-dealkylation sites (tertiary alicyclic amines) is 1. The van der Waals surface area contributed by atoms with E-state index in [1.807, 2.05) is 18.2 Å². The van der Waals surface area contributed by atoms with Crippen molar-refractivity contribution in [3.05, 3.63) is 29.8 Å². The van der Waals surface area contributed by atoms with E-state index in [1.165, 1.54) is 32.1 Å². The van der Waals surface area contributed by atoms with Gasteiger partial charge in [0.1, 0.15) is 0 Å². The molecule has 4 nitrogen and oxygen atoms in total. The molecule has 0 spiro atoms. The number of para-hydroxylation sites is 1. The quantitative estimate of drug-likeness (QED) is 0.852. The lowest BCUT2D eigenvalue weighted by Gasteiger charge is -2.26. The molecule has 25 heavy (non-hydrogen) atoms. The van der Waals surface area contributed by atoms with Crippen LogP contribution in [0.15, 0.2) is 24.3 Å². The zero-order chi connectivity index (χ0) is 17.6. The maximum Gasteiger partial charge on any atom is 0.255 e. The summed E-state index contributed by atoms with van der Waals surface area (Å²) >= 11 is 0. The summed E-state index contributed by atoms with van der Waals surface area (Å²) in [6.45, 7) is 6.12. The first-order valence-electron chi connectivity index (χ1n) is 10.0. The van der Waals surface area contributed by atoms with Crippen molar-refractivity contribution >= 4 is 11.6 Å². The highest BCUT2D eigenvalue weighted by Crippen LogP contribution is 2.26. The van der Waals surface area contributed by atoms with Crippen LogP contribution < -0.4 is 5.32 Å². The maximum atomic E-state index is 13.1. The van der Waals surface area contributed by atoms with Crippen molar-refractivity contribution in [2.24, 2.45) is 5.92 Å². The standard InChI is InChI=1S/C21H33N3O/c1-3-23(2)15-17-13-14-24(16-17)21(25)19-11-7-8-12-20(19)22-18-9-5-4-6-10-18/h7-8,11-12,17-18,22H,3-6,9-10,13-16H2,1-2H3. The Morgan fingerprint density at radius 2 is 1.96 bits per heavy atom. The zero-order valence-electron chi connectivity index (χ0n) is 15.8. The minimum absolute atomic E-state index is 0.195. The van der Waals surface area contributed by atoms with Crippen LogP contribution in [0.4, 0.5) is 5.69 Å². The molecule has 4 heteroatoms. The van der Waals surface area contributed by atoms with Crippen LogP contribution in [0.3, 0.4) is 0 Å². The molecule has 1 saturated heterocycles. The fourth-order valence-electron chi connectivity index (χ4n) is 4.17. The van der Waals surface area contributed by atoms with Gasteiger partial charge in [-0.05, 0) is 50.9 Å². The second-order valence-corrected chi connectivity index (χ2v) is 7.79. The number of hydrogen-bond acceptors (Lipinski definition) is 3. The zero-order valence-corrected chi connectivity index (χ0v) is 15.8. The molecule has 1 aromatic carbocycles. The van der Waals surface area contributed by atoms with Crippen LogP contribution in [0, 0.1) is 5.92 Å². The van der Waals surface area contributed by atoms with Gasteiger partial charge in [0.05, 0.1) is 5.56 Å². The first-order valence-corrected chi connectivity index (χ1v) is 10.0. The Morgan fingerprint density at radius 1 is 1.20 bits per heavy atom. The molecular weight excluding hydrogens is 310 g/mol. The Labute approximate surface area is 152 Å². The van der Waals surface area contributed by atoms with E-state index in [-0.39, 0.29) is 5.91 Å². The van der Waals surface area contributed by atoms with E-state index in [9.17, 15) is 4.79 Å². The van der Waals surface area contributed by atoms with Crippen LogP contribution in [0.1, 0.15) is 55.8 Å². The lowest BCUT2D eigenvalue weighted by Crippen LogP contribution is -2.32. The van der Waals surface area contributed by atoms with Crippen LogP contribution in [0.2, 0.25) is 0 Å². The number of anilines is 1. The van der Waals surface area contributed by atoms with Gasteiger partial charge in [-0.15, -0.1) is 0 Å². The van der Waals surface area contributed by atoms with Crippen LogP contribution in [-0.2, 0) is 0 Å². The summed E-state index contributed by atoms with van der Waals surface area (Å²) in [5, 5.41) is 3.65. The Hall–Kier alpha value is -1.55. The van der Waals surface area contributed by atoms with E-state index >= 15 is 0 Å². The summed E-state index contributed by atoms with van der Waals surface area (Å²) in [6, 6.07) is 8.59. The molecule has 1 atom stereocenters. The number of amides is 1. The van der Waals surface area contributed by atoms with Crippen LogP contribution in [-0.4, -0.2) is 55.0 Å². The summed E-state index contributed by atoms with van der Waals surface area (Å²) in [4.78, 5) is 17.5. The molecule has 1 N–H and O–H groups in total. The van der Waals surface area contributed by atoms with E-state index in [0.717, 1.165) is 43.9 Å². The molecule has 0 aromatic heterocycles. The van der Waals surface area contributed by atoms with E-state index in [2.05, 4.69) is 35.2 Å². The number of rotatable bonds is 6. The van der Waals surface area contributed by atoms with Gasteiger partial charge in [0.15, 0.2) is 0 Å². The lowest BCUT2D eigenvalue weighted by molar-refractivity contribution is 0.0785. The van der Waals surface area contributed by atoms with Crippen molar-refractivity contribution in [3.63, 3.8) is 0 Å². The number of nitrogens with one attached hydrogen (secondary N) is 1. The van der Waals surface area contributed by atoms with Gasteiger partial charge in [-0.2, -0.15) is 0 Å². The molecule has 1 unspecified atom stereocenters. The first kappa shape index (κ1) is 18.2. The van der Waals surface area contributed by atoms with Crippen molar-refractivity contribution in [3.8, 4) is 0 Å².